The molecule has 1 aromatic rings. The van der Waals surface area contributed by atoms with Gasteiger partial charge in [0.15, 0.2) is 0 Å². The highest BCUT2D eigenvalue weighted by Crippen LogP contribution is 2.25. The Balaban J connectivity index is 1.90. The molecule has 2 heterocycles. The third kappa shape index (κ3) is 3.36. The van der Waals surface area contributed by atoms with Gasteiger partial charge >= 0.3 is 0 Å². The molecule has 1 aromatic carbocycles. The topological polar surface area (TPSA) is 101 Å². The van der Waals surface area contributed by atoms with Gasteiger partial charge in [0.25, 0.3) is 0 Å². The van der Waals surface area contributed by atoms with Crippen molar-refractivity contribution in [3.8, 4) is 0 Å². The van der Waals surface area contributed by atoms with Crippen LogP contribution in [0.5, 0.6) is 0 Å². The number of nitrogens with zero attached hydrogens (tertiary/aromatic N) is 2. The number of hydrogen-bond donors (Lipinski definition) is 1. The van der Waals surface area contributed by atoms with Crippen molar-refractivity contribution in [2.24, 2.45) is 5.73 Å². The first kappa shape index (κ1) is 17.8. The Morgan fingerprint density at radius 2 is 1.29 bits per heavy atom. The van der Waals surface area contributed by atoms with E-state index >= 15 is 0 Å². The van der Waals surface area contributed by atoms with Crippen LogP contribution >= 0.6 is 0 Å². The fourth-order valence-corrected chi connectivity index (χ4v) is 6.29. The summed E-state index contributed by atoms with van der Waals surface area (Å²) in [7, 11) is -7.33. The average Bonchev–Trinajstić information content (AvgIpc) is 3.11. The van der Waals surface area contributed by atoms with Crippen molar-refractivity contribution in [3.63, 3.8) is 0 Å². The normalized spacial score (nSPS) is 22.0. The average molecular weight is 374 g/mol. The van der Waals surface area contributed by atoms with Gasteiger partial charge in [0.1, 0.15) is 0 Å². The molecule has 0 aromatic heterocycles. The van der Waals surface area contributed by atoms with Crippen LogP contribution in [0.15, 0.2) is 34.1 Å². The van der Waals surface area contributed by atoms with Crippen molar-refractivity contribution in [3.05, 3.63) is 24.3 Å². The first-order valence-corrected chi connectivity index (χ1v) is 11.1. The van der Waals surface area contributed by atoms with Crippen LogP contribution in [0, 0.1) is 0 Å². The number of hydrogen-bond acceptors (Lipinski definition) is 5. The Morgan fingerprint density at radius 1 is 0.833 bits per heavy atom. The van der Waals surface area contributed by atoms with Crippen molar-refractivity contribution in [2.75, 3.05) is 26.2 Å². The van der Waals surface area contributed by atoms with Crippen molar-refractivity contribution in [1.82, 2.24) is 8.61 Å². The Bertz CT molecular complexity index is 794. The first-order chi connectivity index (χ1) is 11.3. The molecule has 7 nitrogen and oxygen atoms in total. The predicted molar refractivity (Wildman–Crippen MR) is 90.4 cm³/mol. The van der Waals surface area contributed by atoms with Gasteiger partial charge in [-0.05, 0) is 43.9 Å². The molecule has 134 valence electrons. The molecule has 0 radical (unpaired) electrons. The summed E-state index contributed by atoms with van der Waals surface area (Å²) in [6.45, 7) is 1.71. The second-order valence-corrected chi connectivity index (χ2v) is 10.2. The molecule has 0 bridgehead atoms. The second kappa shape index (κ2) is 6.72. The molecule has 0 saturated carbocycles. The molecule has 24 heavy (non-hydrogen) atoms. The van der Waals surface area contributed by atoms with Crippen molar-refractivity contribution in [2.45, 2.75) is 41.5 Å². The summed E-state index contributed by atoms with van der Waals surface area (Å²) in [5, 5.41) is 0. The number of nitrogens with two attached hydrogens (primary N) is 1. The molecule has 0 spiro atoms. The summed E-state index contributed by atoms with van der Waals surface area (Å²) in [5.74, 6) is 0. The van der Waals surface area contributed by atoms with Crippen LogP contribution in [0.1, 0.15) is 25.7 Å². The lowest BCUT2D eigenvalue weighted by Crippen LogP contribution is -2.42. The third-order valence-corrected chi connectivity index (χ3v) is 8.43. The zero-order chi connectivity index (χ0) is 17.4. The summed E-state index contributed by atoms with van der Waals surface area (Å²) in [6, 6.07) is 5.70. The first-order valence-electron chi connectivity index (χ1n) is 8.18. The maximum atomic E-state index is 12.8. The second-order valence-electron chi connectivity index (χ2n) is 6.33. The Kier molecular flexibility index (Phi) is 4.99. The maximum absolute atomic E-state index is 12.8. The molecule has 2 aliphatic rings. The van der Waals surface area contributed by atoms with Crippen molar-refractivity contribution >= 4 is 20.0 Å². The van der Waals surface area contributed by atoms with E-state index < -0.39 is 20.0 Å². The minimum Gasteiger partial charge on any atom is -0.328 e. The highest BCUT2D eigenvalue weighted by atomic mass is 32.2. The van der Waals surface area contributed by atoms with E-state index in [1.807, 2.05) is 0 Å². The molecule has 3 rings (SSSR count). The molecule has 2 saturated heterocycles. The highest BCUT2D eigenvalue weighted by molar-refractivity contribution is 7.90. The minimum atomic E-state index is -3.70. The number of benzene rings is 1. The lowest BCUT2D eigenvalue weighted by Gasteiger charge is -2.29. The van der Waals surface area contributed by atoms with Crippen LogP contribution in [-0.4, -0.2) is 57.7 Å². The molecule has 2 fully saturated rings. The summed E-state index contributed by atoms with van der Waals surface area (Å²) < 4.78 is 53.6. The quantitative estimate of drug-likeness (QED) is 0.832. The third-order valence-electron chi connectivity index (χ3n) is 4.64. The van der Waals surface area contributed by atoms with Gasteiger partial charge in [-0.2, -0.15) is 8.61 Å². The van der Waals surface area contributed by atoms with Crippen LogP contribution in [0.4, 0.5) is 0 Å². The van der Waals surface area contributed by atoms with Crippen LogP contribution in [0.3, 0.4) is 0 Å². The number of sulfonamides is 2. The zero-order valence-corrected chi connectivity index (χ0v) is 15.1. The van der Waals surface area contributed by atoms with Crippen molar-refractivity contribution in [1.29, 1.82) is 0 Å². The Labute approximate surface area is 143 Å². The molecule has 2 N–H and O–H groups in total. The fraction of sp³-hybridized carbons (Fsp3) is 0.600. The fourth-order valence-electron chi connectivity index (χ4n) is 3.14. The van der Waals surface area contributed by atoms with Crippen LogP contribution in [-0.2, 0) is 20.0 Å². The summed E-state index contributed by atoms with van der Waals surface area (Å²) in [6.07, 6.45) is 2.91. The van der Waals surface area contributed by atoms with E-state index in [2.05, 4.69) is 0 Å². The predicted octanol–water partition coefficient (Wildman–Crippen LogP) is 0.583. The van der Waals surface area contributed by atoms with Gasteiger partial charge in [0, 0.05) is 32.2 Å². The lowest BCUT2D eigenvalue weighted by atomic mass is 10.1. The zero-order valence-electron chi connectivity index (χ0n) is 13.5. The Morgan fingerprint density at radius 3 is 1.79 bits per heavy atom. The molecular weight excluding hydrogens is 350 g/mol. The van der Waals surface area contributed by atoms with E-state index in [0.717, 1.165) is 12.8 Å². The van der Waals surface area contributed by atoms with E-state index in [1.54, 1.807) is 0 Å². The number of rotatable bonds is 4. The maximum Gasteiger partial charge on any atom is 0.243 e. The standard InChI is InChI=1S/C15H23N3O4S2/c16-13-6-10-18(11-7-13)24(21,22)15-5-3-4-14(12-15)23(19,20)17-8-1-2-9-17/h3-5,12-13H,1-2,6-11,16H2. The molecule has 0 unspecified atom stereocenters. The number of piperidine rings is 1. The molecule has 0 atom stereocenters. The molecule has 0 aliphatic carbocycles. The van der Waals surface area contributed by atoms with Gasteiger partial charge < -0.3 is 5.73 Å². The van der Waals surface area contributed by atoms with Crippen LogP contribution in [0.2, 0.25) is 0 Å². The molecular formula is C15H23N3O4S2. The van der Waals surface area contributed by atoms with E-state index in [-0.39, 0.29) is 15.8 Å². The smallest absolute Gasteiger partial charge is 0.243 e. The summed E-state index contributed by atoms with van der Waals surface area (Å²) in [4.78, 5) is 0.0671. The summed E-state index contributed by atoms with van der Waals surface area (Å²) in [5.41, 5.74) is 5.82. The van der Waals surface area contributed by atoms with E-state index in [1.165, 1.54) is 32.9 Å². The van der Waals surface area contributed by atoms with E-state index in [4.69, 9.17) is 5.73 Å². The molecule has 9 heteroatoms. The van der Waals surface area contributed by atoms with Gasteiger partial charge in [0.05, 0.1) is 9.79 Å². The monoisotopic (exact) mass is 373 g/mol. The van der Waals surface area contributed by atoms with Gasteiger partial charge in [-0.1, -0.05) is 6.07 Å². The summed E-state index contributed by atoms with van der Waals surface area (Å²) >= 11 is 0. The Hall–Kier alpha value is -1.00. The lowest BCUT2D eigenvalue weighted by molar-refractivity contribution is 0.320. The van der Waals surface area contributed by atoms with E-state index in [0.29, 0.717) is 39.0 Å². The van der Waals surface area contributed by atoms with Gasteiger partial charge in [-0.25, -0.2) is 16.8 Å². The van der Waals surface area contributed by atoms with E-state index in [9.17, 15) is 16.8 Å². The van der Waals surface area contributed by atoms with Gasteiger partial charge in [-0.15, -0.1) is 0 Å². The SMILES string of the molecule is NC1CCN(S(=O)(=O)c2cccc(S(=O)(=O)N3CCCC3)c2)CC1. The van der Waals surface area contributed by atoms with Crippen LogP contribution in [0.25, 0.3) is 0 Å². The van der Waals surface area contributed by atoms with Gasteiger partial charge in [-0.3, -0.25) is 0 Å². The minimum absolute atomic E-state index is 0.0262. The molecule has 0 amide bonds. The van der Waals surface area contributed by atoms with Gasteiger partial charge in [0.2, 0.25) is 20.0 Å². The molecule has 2 aliphatic heterocycles. The largest absolute Gasteiger partial charge is 0.328 e. The van der Waals surface area contributed by atoms with Crippen LogP contribution < -0.4 is 5.73 Å². The van der Waals surface area contributed by atoms with Crippen molar-refractivity contribution < 1.29 is 16.8 Å². The highest BCUT2D eigenvalue weighted by Gasteiger charge is 2.31.